The molecule has 0 N–H and O–H groups in total. The van der Waals surface area contributed by atoms with Crippen LogP contribution in [0.1, 0.15) is 82.3 Å². The number of aryl methyl sites for hydroxylation is 2. The zero-order chi connectivity index (χ0) is 27.2. The van der Waals surface area contributed by atoms with E-state index in [0.717, 1.165) is 61.9 Å². The summed E-state index contributed by atoms with van der Waals surface area (Å²) in [6.07, 6.45) is 12.2. The molecular formula is C32H46FNO4. The Labute approximate surface area is 228 Å². The summed E-state index contributed by atoms with van der Waals surface area (Å²) in [4.78, 5) is 14.6. The SMILES string of the molecule is CCCCCCCCCC(=O)OC1CC(CCOc2ccccc2CCc2ccc(F)c(OC)c2)N(C)C1. The third-order valence-corrected chi connectivity index (χ3v) is 7.51. The Hall–Kier alpha value is -2.60. The normalized spacial score (nSPS) is 17.5. The first-order chi connectivity index (χ1) is 18.5. The van der Waals surface area contributed by atoms with Crippen LogP contribution in [-0.4, -0.2) is 50.3 Å². The summed E-state index contributed by atoms with van der Waals surface area (Å²) in [6, 6.07) is 13.4. The molecule has 3 rings (SSSR count). The highest BCUT2D eigenvalue weighted by molar-refractivity contribution is 5.69. The van der Waals surface area contributed by atoms with Gasteiger partial charge in [-0.3, -0.25) is 9.69 Å². The number of hydrogen-bond donors (Lipinski definition) is 0. The van der Waals surface area contributed by atoms with Gasteiger partial charge in [0, 0.05) is 25.4 Å². The van der Waals surface area contributed by atoms with Gasteiger partial charge in [0.05, 0.1) is 13.7 Å². The van der Waals surface area contributed by atoms with Crippen LogP contribution in [0, 0.1) is 5.82 Å². The lowest BCUT2D eigenvalue weighted by molar-refractivity contribution is -0.148. The summed E-state index contributed by atoms with van der Waals surface area (Å²) < 4.78 is 30.8. The monoisotopic (exact) mass is 527 g/mol. The highest BCUT2D eigenvalue weighted by Gasteiger charge is 2.31. The minimum Gasteiger partial charge on any atom is -0.494 e. The smallest absolute Gasteiger partial charge is 0.306 e. The topological polar surface area (TPSA) is 48.0 Å². The average molecular weight is 528 g/mol. The third kappa shape index (κ3) is 9.94. The van der Waals surface area contributed by atoms with Crippen LogP contribution in [0.15, 0.2) is 42.5 Å². The molecule has 2 unspecified atom stereocenters. The zero-order valence-electron chi connectivity index (χ0n) is 23.6. The number of benzene rings is 2. The number of nitrogens with zero attached hydrogens (tertiary/aromatic N) is 1. The van der Waals surface area contributed by atoms with Gasteiger partial charge in [-0.1, -0.05) is 69.7 Å². The number of carbonyl (C=O) groups is 1. The van der Waals surface area contributed by atoms with Crippen molar-refractivity contribution in [3.05, 3.63) is 59.4 Å². The second-order valence-corrected chi connectivity index (χ2v) is 10.5. The maximum absolute atomic E-state index is 13.7. The van der Waals surface area contributed by atoms with Crippen LogP contribution in [-0.2, 0) is 22.4 Å². The maximum atomic E-state index is 13.7. The van der Waals surface area contributed by atoms with E-state index < -0.39 is 0 Å². The summed E-state index contributed by atoms with van der Waals surface area (Å²) in [6.45, 7) is 3.62. The Kier molecular flexibility index (Phi) is 12.9. The summed E-state index contributed by atoms with van der Waals surface area (Å²) in [5.41, 5.74) is 2.16. The second kappa shape index (κ2) is 16.4. The van der Waals surface area contributed by atoms with Crippen LogP contribution in [0.2, 0.25) is 0 Å². The number of carbonyl (C=O) groups excluding carboxylic acids is 1. The molecule has 1 heterocycles. The van der Waals surface area contributed by atoms with E-state index in [4.69, 9.17) is 14.2 Å². The van der Waals surface area contributed by atoms with Crippen molar-refractivity contribution in [2.45, 2.75) is 96.1 Å². The lowest BCUT2D eigenvalue weighted by atomic mass is 10.0. The van der Waals surface area contributed by atoms with Crippen molar-refractivity contribution in [2.24, 2.45) is 0 Å². The van der Waals surface area contributed by atoms with Gasteiger partial charge in [0.1, 0.15) is 11.9 Å². The predicted molar refractivity (Wildman–Crippen MR) is 150 cm³/mol. The Balaban J connectivity index is 1.37. The lowest BCUT2D eigenvalue weighted by Gasteiger charge is -2.19. The standard InChI is InChI=1S/C32H46FNO4/c1-4-5-6-7-8-9-10-15-32(35)38-28-23-27(34(2)24-28)20-21-37-30-14-12-11-13-26(30)18-16-25-17-19-29(33)31(22-25)36-3/h11-14,17,19,22,27-28H,4-10,15-16,18,20-21,23-24H2,1-3H3. The van der Waals surface area contributed by atoms with Gasteiger partial charge >= 0.3 is 5.97 Å². The molecule has 1 fully saturated rings. The molecule has 0 aliphatic carbocycles. The molecule has 0 bridgehead atoms. The van der Waals surface area contributed by atoms with Crippen molar-refractivity contribution in [1.82, 2.24) is 4.90 Å². The summed E-state index contributed by atoms with van der Waals surface area (Å²) in [7, 11) is 3.58. The number of hydrogen-bond acceptors (Lipinski definition) is 5. The van der Waals surface area contributed by atoms with Gasteiger partial charge in [-0.25, -0.2) is 4.39 Å². The molecule has 5 nitrogen and oxygen atoms in total. The van der Waals surface area contributed by atoms with Crippen LogP contribution >= 0.6 is 0 Å². The van der Waals surface area contributed by atoms with E-state index in [1.807, 2.05) is 18.2 Å². The highest BCUT2D eigenvalue weighted by atomic mass is 19.1. The molecule has 0 amide bonds. The number of unbranched alkanes of at least 4 members (excludes halogenated alkanes) is 6. The number of ether oxygens (including phenoxy) is 3. The van der Waals surface area contributed by atoms with Crippen LogP contribution in [0.25, 0.3) is 0 Å². The first-order valence-electron chi connectivity index (χ1n) is 14.4. The molecule has 1 saturated heterocycles. The number of para-hydroxylation sites is 1. The molecule has 1 aliphatic rings. The van der Waals surface area contributed by atoms with Crippen molar-refractivity contribution in [3.8, 4) is 11.5 Å². The first kappa shape index (κ1) is 29.9. The van der Waals surface area contributed by atoms with Crippen LogP contribution in [0.3, 0.4) is 0 Å². The predicted octanol–water partition coefficient (Wildman–Crippen LogP) is 7.15. The Bertz CT molecular complexity index is 982. The van der Waals surface area contributed by atoms with Gasteiger partial charge in [-0.05, 0) is 62.1 Å². The molecule has 1 aliphatic heterocycles. The van der Waals surface area contributed by atoms with Gasteiger partial charge in [0.15, 0.2) is 11.6 Å². The Morgan fingerprint density at radius 3 is 2.55 bits per heavy atom. The van der Waals surface area contributed by atoms with Gasteiger partial charge in [0.25, 0.3) is 0 Å². The second-order valence-electron chi connectivity index (χ2n) is 10.5. The molecule has 2 aromatic rings. The third-order valence-electron chi connectivity index (χ3n) is 7.51. The summed E-state index contributed by atoms with van der Waals surface area (Å²) in [5, 5.41) is 0. The number of likely N-dealkylation sites (tertiary alicyclic amines) is 1. The molecule has 0 radical (unpaired) electrons. The van der Waals surface area contributed by atoms with Crippen molar-refractivity contribution in [1.29, 1.82) is 0 Å². The Morgan fingerprint density at radius 2 is 1.76 bits per heavy atom. The van der Waals surface area contributed by atoms with Gasteiger partial charge < -0.3 is 14.2 Å². The van der Waals surface area contributed by atoms with Crippen LogP contribution in [0.5, 0.6) is 11.5 Å². The highest BCUT2D eigenvalue weighted by Crippen LogP contribution is 2.25. The van der Waals surface area contributed by atoms with E-state index >= 15 is 0 Å². The largest absolute Gasteiger partial charge is 0.494 e. The molecule has 0 saturated carbocycles. The quantitative estimate of drug-likeness (QED) is 0.162. The van der Waals surface area contributed by atoms with E-state index in [0.29, 0.717) is 19.1 Å². The maximum Gasteiger partial charge on any atom is 0.306 e. The van der Waals surface area contributed by atoms with E-state index in [1.165, 1.54) is 45.3 Å². The molecule has 2 atom stereocenters. The minimum absolute atomic E-state index is 0.0259. The fourth-order valence-corrected chi connectivity index (χ4v) is 5.22. The van der Waals surface area contributed by atoms with E-state index in [9.17, 15) is 9.18 Å². The first-order valence-corrected chi connectivity index (χ1v) is 14.4. The number of rotatable bonds is 17. The van der Waals surface area contributed by atoms with Crippen molar-refractivity contribution < 1.29 is 23.4 Å². The fourth-order valence-electron chi connectivity index (χ4n) is 5.22. The number of halogens is 1. The van der Waals surface area contributed by atoms with Gasteiger partial charge in [-0.15, -0.1) is 0 Å². The zero-order valence-corrected chi connectivity index (χ0v) is 23.6. The Morgan fingerprint density at radius 1 is 1.00 bits per heavy atom. The van der Waals surface area contributed by atoms with Crippen LogP contribution in [0.4, 0.5) is 4.39 Å². The molecule has 0 spiro atoms. The van der Waals surface area contributed by atoms with Crippen molar-refractivity contribution in [3.63, 3.8) is 0 Å². The molecule has 210 valence electrons. The number of methoxy groups -OCH3 is 1. The minimum atomic E-state index is -0.345. The molecular weight excluding hydrogens is 481 g/mol. The molecule has 2 aromatic carbocycles. The molecule has 0 aromatic heterocycles. The number of likely N-dealkylation sites (N-methyl/N-ethyl adjacent to an activating group) is 1. The van der Waals surface area contributed by atoms with E-state index in [2.05, 4.69) is 24.9 Å². The van der Waals surface area contributed by atoms with E-state index in [1.54, 1.807) is 12.1 Å². The lowest BCUT2D eigenvalue weighted by Crippen LogP contribution is -2.27. The molecule has 6 heteroatoms. The van der Waals surface area contributed by atoms with Crippen LogP contribution < -0.4 is 9.47 Å². The van der Waals surface area contributed by atoms with Gasteiger partial charge in [-0.2, -0.15) is 0 Å². The number of esters is 1. The van der Waals surface area contributed by atoms with Crippen molar-refractivity contribution >= 4 is 5.97 Å². The van der Waals surface area contributed by atoms with Gasteiger partial charge in [0.2, 0.25) is 0 Å². The molecule has 38 heavy (non-hydrogen) atoms. The average Bonchev–Trinajstić information content (AvgIpc) is 3.26. The fraction of sp³-hybridized carbons (Fsp3) is 0.594. The summed E-state index contributed by atoms with van der Waals surface area (Å²) >= 11 is 0. The van der Waals surface area contributed by atoms with E-state index in [-0.39, 0.29) is 23.6 Å². The van der Waals surface area contributed by atoms with Crippen molar-refractivity contribution in [2.75, 3.05) is 27.3 Å². The summed E-state index contributed by atoms with van der Waals surface area (Å²) in [5.74, 6) is 0.762.